The van der Waals surface area contributed by atoms with Crippen LogP contribution >= 0.6 is 11.3 Å². The van der Waals surface area contributed by atoms with Gasteiger partial charge < -0.3 is 10.2 Å². The summed E-state index contributed by atoms with van der Waals surface area (Å²) in [6.45, 7) is 4.68. The van der Waals surface area contributed by atoms with E-state index in [0.717, 1.165) is 59.5 Å². The fraction of sp³-hybridized carbons (Fsp3) is 0.588. The van der Waals surface area contributed by atoms with E-state index in [9.17, 15) is 4.79 Å². The molecule has 0 unspecified atom stereocenters. The lowest BCUT2D eigenvalue weighted by molar-refractivity contribution is 0.0691. The Bertz CT molecular complexity index is 700. The van der Waals surface area contributed by atoms with Gasteiger partial charge in [-0.3, -0.25) is 9.48 Å². The van der Waals surface area contributed by atoms with Crippen LogP contribution in [0.1, 0.15) is 34.6 Å². The summed E-state index contributed by atoms with van der Waals surface area (Å²) in [5.41, 5.74) is 1.79. The van der Waals surface area contributed by atoms with Crippen LogP contribution in [0, 0.1) is 12.8 Å². The largest absolute Gasteiger partial charge is 0.338 e. The summed E-state index contributed by atoms with van der Waals surface area (Å²) in [5.74, 6) is 0.863. The van der Waals surface area contributed by atoms with Gasteiger partial charge in [0.15, 0.2) is 0 Å². The third kappa shape index (κ3) is 3.67. The van der Waals surface area contributed by atoms with Crippen LogP contribution in [0.15, 0.2) is 12.4 Å². The highest BCUT2D eigenvalue weighted by Gasteiger charge is 2.26. The van der Waals surface area contributed by atoms with Crippen LogP contribution in [0.5, 0.6) is 0 Å². The SMILES string of the molecule is CNCCC1CCN(C(=O)c2sc(-c3cnn(C)c3)nc2C)CC1. The Hall–Kier alpha value is -1.73. The molecule has 1 aliphatic heterocycles. The maximum Gasteiger partial charge on any atom is 0.265 e. The quantitative estimate of drug-likeness (QED) is 0.901. The van der Waals surface area contributed by atoms with Crippen LogP contribution in [0.4, 0.5) is 0 Å². The van der Waals surface area contributed by atoms with E-state index in [1.165, 1.54) is 17.8 Å². The molecular weight excluding hydrogens is 322 g/mol. The first-order valence-corrected chi connectivity index (χ1v) is 9.30. The predicted molar refractivity (Wildman–Crippen MR) is 96.2 cm³/mol. The smallest absolute Gasteiger partial charge is 0.265 e. The summed E-state index contributed by atoms with van der Waals surface area (Å²) in [6, 6.07) is 0. The zero-order valence-corrected chi connectivity index (χ0v) is 15.4. The number of nitrogens with one attached hydrogen (secondary N) is 1. The van der Waals surface area contributed by atoms with Crippen molar-refractivity contribution in [1.29, 1.82) is 0 Å². The van der Waals surface area contributed by atoms with E-state index in [-0.39, 0.29) is 5.91 Å². The fourth-order valence-corrected chi connectivity index (χ4v) is 4.18. The van der Waals surface area contributed by atoms with Crippen molar-refractivity contribution in [1.82, 2.24) is 25.0 Å². The molecule has 1 aliphatic rings. The zero-order chi connectivity index (χ0) is 17.1. The molecule has 1 amide bonds. The average Bonchev–Trinajstić information content (AvgIpc) is 3.18. The van der Waals surface area contributed by atoms with Crippen molar-refractivity contribution in [3.05, 3.63) is 23.0 Å². The summed E-state index contributed by atoms with van der Waals surface area (Å²) in [4.78, 5) is 20.2. The second-order valence-corrected chi connectivity index (χ2v) is 7.46. The van der Waals surface area contributed by atoms with Gasteiger partial charge in [-0.25, -0.2) is 4.98 Å². The van der Waals surface area contributed by atoms with E-state index in [1.54, 1.807) is 10.9 Å². The molecule has 0 atom stereocenters. The van der Waals surface area contributed by atoms with Crippen LogP contribution < -0.4 is 5.32 Å². The number of thiazole rings is 1. The van der Waals surface area contributed by atoms with Crippen LogP contribution in [-0.2, 0) is 7.05 Å². The number of aromatic nitrogens is 3. The summed E-state index contributed by atoms with van der Waals surface area (Å²) in [7, 11) is 3.87. The molecule has 2 aromatic heterocycles. The van der Waals surface area contributed by atoms with Crippen LogP contribution in [0.3, 0.4) is 0 Å². The zero-order valence-electron chi connectivity index (χ0n) is 14.6. The molecule has 0 radical (unpaired) electrons. The van der Waals surface area contributed by atoms with Crippen molar-refractivity contribution in [2.75, 3.05) is 26.7 Å². The monoisotopic (exact) mass is 347 g/mol. The molecule has 24 heavy (non-hydrogen) atoms. The van der Waals surface area contributed by atoms with Crippen molar-refractivity contribution in [2.45, 2.75) is 26.2 Å². The molecule has 0 aromatic carbocycles. The van der Waals surface area contributed by atoms with Gasteiger partial charge in [-0.15, -0.1) is 11.3 Å². The number of piperidine rings is 1. The van der Waals surface area contributed by atoms with E-state index >= 15 is 0 Å². The van der Waals surface area contributed by atoms with Gasteiger partial charge in [-0.1, -0.05) is 0 Å². The molecule has 1 N–H and O–H groups in total. The minimum atomic E-state index is 0.132. The first kappa shape index (κ1) is 17.1. The lowest BCUT2D eigenvalue weighted by atomic mass is 9.93. The molecule has 3 rings (SSSR count). The van der Waals surface area contributed by atoms with Crippen molar-refractivity contribution in [2.24, 2.45) is 13.0 Å². The lowest BCUT2D eigenvalue weighted by Crippen LogP contribution is -2.38. The predicted octanol–water partition coefficient (Wildman–Crippen LogP) is 2.31. The molecule has 3 heterocycles. The van der Waals surface area contributed by atoms with E-state index in [2.05, 4.69) is 15.4 Å². The molecular formula is C17H25N5OS. The highest BCUT2D eigenvalue weighted by Crippen LogP contribution is 2.30. The molecule has 0 spiro atoms. The number of nitrogens with zero attached hydrogens (tertiary/aromatic N) is 4. The van der Waals surface area contributed by atoms with Crippen LogP contribution in [-0.4, -0.2) is 52.3 Å². The molecule has 2 aromatic rings. The minimum Gasteiger partial charge on any atom is -0.338 e. The molecule has 0 aliphatic carbocycles. The highest BCUT2D eigenvalue weighted by atomic mass is 32.1. The molecule has 7 heteroatoms. The average molecular weight is 347 g/mol. The van der Waals surface area contributed by atoms with Crippen molar-refractivity contribution >= 4 is 17.2 Å². The fourth-order valence-electron chi connectivity index (χ4n) is 3.17. The Morgan fingerprint density at radius 3 is 2.79 bits per heavy atom. The Labute approximate surface area is 146 Å². The van der Waals surface area contributed by atoms with Crippen molar-refractivity contribution in [3.63, 3.8) is 0 Å². The maximum atomic E-state index is 12.9. The summed E-state index contributed by atoms with van der Waals surface area (Å²) >= 11 is 1.48. The Morgan fingerprint density at radius 1 is 1.42 bits per heavy atom. The Balaban J connectivity index is 1.67. The second-order valence-electron chi connectivity index (χ2n) is 6.46. The molecule has 130 valence electrons. The summed E-state index contributed by atoms with van der Waals surface area (Å²) < 4.78 is 1.75. The van der Waals surface area contributed by atoms with Gasteiger partial charge in [-0.2, -0.15) is 5.10 Å². The summed E-state index contributed by atoms with van der Waals surface area (Å²) in [6.07, 6.45) is 7.12. The third-order valence-corrected chi connectivity index (χ3v) is 5.84. The maximum absolute atomic E-state index is 12.9. The van der Waals surface area contributed by atoms with Crippen molar-refractivity contribution in [3.8, 4) is 10.6 Å². The van der Waals surface area contributed by atoms with Gasteiger partial charge in [0.25, 0.3) is 5.91 Å². The van der Waals surface area contributed by atoms with Crippen LogP contribution in [0.2, 0.25) is 0 Å². The number of likely N-dealkylation sites (tertiary alicyclic amines) is 1. The number of carbonyl (C=O) groups is 1. The van der Waals surface area contributed by atoms with Gasteiger partial charge in [-0.05, 0) is 45.7 Å². The Morgan fingerprint density at radius 2 is 2.17 bits per heavy atom. The number of hydrogen-bond acceptors (Lipinski definition) is 5. The van der Waals surface area contributed by atoms with Gasteiger partial charge in [0, 0.05) is 31.9 Å². The van der Waals surface area contributed by atoms with E-state index in [0.29, 0.717) is 0 Å². The number of carbonyl (C=O) groups excluding carboxylic acids is 1. The number of hydrogen-bond donors (Lipinski definition) is 1. The van der Waals surface area contributed by atoms with E-state index in [1.807, 2.05) is 32.1 Å². The van der Waals surface area contributed by atoms with E-state index < -0.39 is 0 Å². The first-order valence-electron chi connectivity index (χ1n) is 8.48. The van der Waals surface area contributed by atoms with Gasteiger partial charge in [0.1, 0.15) is 9.88 Å². The van der Waals surface area contributed by atoms with Gasteiger partial charge in [0.2, 0.25) is 0 Å². The number of rotatable bonds is 5. The molecule has 0 bridgehead atoms. The minimum absolute atomic E-state index is 0.132. The molecule has 1 fully saturated rings. The highest BCUT2D eigenvalue weighted by molar-refractivity contribution is 7.17. The standard InChI is InChI=1S/C17H25N5OS/c1-12-15(24-16(20-12)14-10-19-21(3)11-14)17(23)22-8-5-13(6-9-22)4-7-18-2/h10-11,13,18H,4-9H2,1-3H3. The normalized spacial score (nSPS) is 15.9. The van der Waals surface area contributed by atoms with Crippen LogP contribution in [0.25, 0.3) is 10.6 Å². The number of aryl methyl sites for hydroxylation is 2. The van der Waals surface area contributed by atoms with Crippen molar-refractivity contribution < 1.29 is 4.79 Å². The van der Waals surface area contributed by atoms with Gasteiger partial charge >= 0.3 is 0 Å². The van der Waals surface area contributed by atoms with Gasteiger partial charge in [0.05, 0.1) is 11.9 Å². The molecule has 1 saturated heterocycles. The molecule has 0 saturated carbocycles. The molecule has 6 nitrogen and oxygen atoms in total. The number of amides is 1. The second kappa shape index (κ2) is 7.44. The Kier molecular flexibility index (Phi) is 5.30. The topological polar surface area (TPSA) is 63.1 Å². The summed E-state index contributed by atoms with van der Waals surface area (Å²) in [5, 5.41) is 8.26. The lowest BCUT2D eigenvalue weighted by Gasteiger charge is -2.31. The van der Waals surface area contributed by atoms with E-state index in [4.69, 9.17) is 0 Å². The third-order valence-electron chi connectivity index (χ3n) is 4.65. The first-order chi connectivity index (χ1) is 11.6.